The van der Waals surface area contributed by atoms with Gasteiger partial charge in [-0.1, -0.05) is 5.16 Å². The van der Waals surface area contributed by atoms with E-state index in [1.165, 1.54) is 0 Å². The Balaban J connectivity index is 1.37. The van der Waals surface area contributed by atoms with E-state index in [-0.39, 0.29) is 0 Å². The minimum absolute atomic E-state index is 0.513. The predicted octanol–water partition coefficient (Wildman–Crippen LogP) is 2.03. The van der Waals surface area contributed by atoms with Crippen LogP contribution in [0.2, 0.25) is 0 Å². The first-order valence-electron chi connectivity index (χ1n) is 8.53. The summed E-state index contributed by atoms with van der Waals surface area (Å²) in [5.74, 6) is 3.86. The van der Waals surface area contributed by atoms with E-state index in [1.807, 2.05) is 23.7 Å². The molecule has 1 saturated heterocycles. The topological polar surface area (TPSA) is 85.8 Å². The predicted molar refractivity (Wildman–Crippen MR) is 91.9 cm³/mol. The molecule has 0 aliphatic carbocycles. The van der Waals surface area contributed by atoms with Crippen LogP contribution in [0.25, 0.3) is 11.5 Å². The summed E-state index contributed by atoms with van der Waals surface area (Å²) in [7, 11) is 2.00. The highest BCUT2D eigenvalue weighted by molar-refractivity contribution is 5.54. The lowest BCUT2D eigenvalue weighted by Gasteiger charge is -2.32. The third-order valence-electron chi connectivity index (χ3n) is 4.74. The fourth-order valence-electron chi connectivity index (χ4n) is 3.23. The molecular formula is C17H21N7O. The molecule has 0 spiro atoms. The van der Waals surface area contributed by atoms with Gasteiger partial charge < -0.3 is 14.0 Å². The lowest BCUT2D eigenvalue weighted by Crippen LogP contribution is -2.35. The van der Waals surface area contributed by atoms with E-state index in [4.69, 9.17) is 4.52 Å². The maximum absolute atomic E-state index is 5.18. The van der Waals surface area contributed by atoms with Gasteiger partial charge >= 0.3 is 0 Å². The van der Waals surface area contributed by atoms with Crippen molar-refractivity contribution in [2.75, 3.05) is 18.0 Å². The van der Waals surface area contributed by atoms with Crippen LogP contribution in [-0.2, 0) is 13.5 Å². The second kappa shape index (κ2) is 6.62. The number of hydrogen-bond donors (Lipinski definition) is 0. The van der Waals surface area contributed by atoms with Crippen molar-refractivity contribution in [3.05, 3.63) is 36.3 Å². The average molecular weight is 339 g/mol. The Labute approximate surface area is 145 Å². The monoisotopic (exact) mass is 339 g/mol. The molecule has 25 heavy (non-hydrogen) atoms. The first kappa shape index (κ1) is 15.7. The highest BCUT2D eigenvalue weighted by Gasteiger charge is 2.22. The van der Waals surface area contributed by atoms with Gasteiger partial charge in [0.1, 0.15) is 18.0 Å². The minimum Gasteiger partial charge on any atom is -0.357 e. The molecule has 0 saturated carbocycles. The second-order valence-electron chi connectivity index (χ2n) is 6.54. The SMILES string of the molecule is Cc1noc(-c2ccc(N3CCC(Cc4nncn4C)CC3)nc2)n1. The van der Waals surface area contributed by atoms with Crippen molar-refractivity contribution in [3.63, 3.8) is 0 Å². The van der Waals surface area contributed by atoms with Crippen LogP contribution in [0.5, 0.6) is 0 Å². The maximum atomic E-state index is 5.18. The van der Waals surface area contributed by atoms with Crippen LogP contribution in [-0.4, -0.2) is 43.0 Å². The summed E-state index contributed by atoms with van der Waals surface area (Å²) in [4.78, 5) is 11.1. The van der Waals surface area contributed by atoms with Crippen LogP contribution < -0.4 is 4.90 Å². The molecule has 1 aliphatic rings. The maximum Gasteiger partial charge on any atom is 0.259 e. The summed E-state index contributed by atoms with van der Waals surface area (Å²) >= 11 is 0. The van der Waals surface area contributed by atoms with Crippen LogP contribution in [0.3, 0.4) is 0 Å². The summed E-state index contributed by atoms with van der Waals surface area (Å²) < 4.78 is 7.19. The molecule has 0 radical (unpaired) electrons. The van der Waals surface area contributed by atoms with E-state index >= 15 is 0 Å². The van der Waals surface area contributed by atoms with E-state index in [0.29, 0.717) is 17.6 Å². The first-order chi connectivity index (χ1) is 12.2. The Hall–Kier alpha value is -2.77. The van der Waals surface area contributed by atoms with Crippen molar-refractivity contribution < 1.29 is 4.52 Å². The molecule has 0 unspecified atom stereocenters. The summed E-state index contributed by atoms with van der Waals surface area (Å²) in [6.07, 6.45) is 6.83. The van der Waals surface area contributed by atoms with Gasteiger partial charge in [0.2, 0.25) is 0 Å². The number of aryl methyl sites for hydroxylation is 2. The zero-order chi connectivity index (χ0) is 17.2. The molecule has 0 N–H and O–H groups in total. The van der Waals surface area contributed by atoms with Crippen molar-refractivity contribution in [1.29, 1.82) is 0 Å². The number of aromatic nitrogens is 6. The van der Waals surface area contributed by atoms with Gasteiger partial charge in [0.15, 0.2) is 5.82 Å². The molecule has 1 aliphatic heterocycles. The quantitative estimate of drug-likeness (QED) is 0.719. The molecule has 0 aromatic carbocycles. The summed E-state index contributed by atoms with van der Waals surface area (Å²) in [5.41, 5.74) is 0.849. The molecule has 8 nitrogen and oxygen atoms in total. The smallest absolute Gasteiger partial charge is 0.259 e. The van der Waals surface area contributed by atoms with Gasteiger partial charge in [-0.2, -0.15) is 4.98 Å². The number of hydrogen-bond acceptors (Lipinski definition) is 7. The second-order valence-corrected chi connectivity index (χ2v) is 6.54. The summed E-state index contributed by atoms with van der Waals surface area (Å²) in [6, 6.07) is 4.01. The number of pyridine rings is 1. The van der Waals surface area contributed by atoms with Gasteiger partial charge in [0, 0.05) is 32.8 Å². The van der Waals surface area contributed by atoms with E-state index in [0.717, 1.165) is 49.6 Å². The lowest BCUT2D eigenvalue weighted by atomic mass is 9.93. The highest BCUT2D eigenvalue weighted by Crippen LogP contribution is 2.25. The van der Waals surface area contributed by atoms with Crippen LogP contribution >= 0.6 is 0 Å². The Bertz CT molecular complexity index is 831. The van der Waals surface area contributed by atoms with Crippen molar-refractivity contribution in [1.82, 2.24) is 29.9 Å². The van der Waals surface area contributed by atoms with Gasteiger partial charge in [-0.3, -0.25) is 0 Å². The Morgan fingerprint density at radius 3 is 2.68 bits per heavy atom. The van der Waals surface area contributed by atoms with Gasteiger partial charge in [-0.25, -0.2) is 4.98 Å². The molecule has 130 valence electrons. The van der Waals surface area contributed by atoms with Gasteiger partial charge in [-0.05, 0) is 37.8 Å². The average Bonchev–Trinajstić information content (AvgIpc) is 3.25. The van der Waals surface area contributed by atoms with E-state index in [1.54, 1.807) is 19.4 Å². The van der Waals surface area contributed by atoms with Crippen molar-refractivity contribution in [2.45, 2.75) is 26.2 Å². The van der Waals surface area contributed by atoms with E-state index < -0.39 is 0 Å². The number of anilines is 1. The minimum atomic E-state index is 0.513. The third-order valence-corrected chi connectivity index (χ3v) is 4.74. The molecule has 8 heteroatoms. The summed E-state index contributed by atoms with van der Waals surface area (Å²) in [6.45, 7) is 3.82. The molecule has 1 fully saturated rings. The number of piperidine rings is 1. The van der Waals surface area contributed by atoms with Crippen molar-refractivity contribution >= 4 is 5.82 Å². The zero-order valence-corrected chi connectivity index (χ0v) is 14.5. The number of rotatable bonds is 4. The molecular weight excluding hydrogens is 318 g/mol. The Morgan fingerprint density at radius 1 is 1.24 bits per heavy atom. The molecule has 4 rings (SSSR count). The Morgan fingerprint density at radius 2 is 2.08 bits per heavy atom. The normalized spacial score (nSPS) is 15.7. The van der Waals surface area contributed by atoms with E-state index in [2.05, 4.69) is 30.2 Å². The lowest BCUT2D eigenvalue weighted by molar-refractivity contribution is 0.392. The zero-order valence-electron chi connectivity index (χ0n) is 14.5. The molecule has 3 aromatic rings. The fourth-order valence-corrected chi connectivity index (χ4v) is 3.23. The molecule has 3 aromatic heterocycles. The number of nitrogens with zero attached hydrogens (tertiary/aromatic N) is 7. The largest absolute Gasteiger partial charge is 0.357 e. The van der Waals surface area contributed by atoms with Crippen LogP contribution in [0.1, 0.15) is 24.5 Å². The molecule has 4 heterocycles. The van der Waals surface area contributed by atoms with E-state index in [9.17, 15) is 0 Å². The van der Waals surface area contributed by atoms with Gasteiger partial charge in [-0.15, -0.1) is 10.2 Å². The Kier molecular flexibility index (Phi) is 4.17. The molecule has 0 atom stereocenters. The van der Waals surface area contributed by atoms with Gasteiger partial charge in [0.25, 0.3) is 5.89 Å². The van der Waals surface area contributed by atoms with Crippen molar-refractivity contribution in [3.8, 4) is 11.5 Å². The van der Waals surface area contributed by atoms with Gasteiger partial charge in [0.05, 0.1) is 5.56 Å². The fraction of sp³-hybridized carbons (Fsp3) is 0.471. The van der Waals surface area contributed by atoms with Crippen molar-refractivity contribution in [2.24, 2.45) is 13.0 Å². The standard InChI is InChI=1S/C17H21N7O/c1-12-20-17(25-22-12)14-3-4-15(18-10-14)24-7-5-13(6-8-24)9-16-21-19-11-23(16)2/h3-4,10-11,13H,5-9H2,1-2H3. The molecule has 0 amide bonds. The van der Waals surface area contributed by atoms with Crippen LogP contribution in [0, 0.1) is 12.8 Å². The van der Waals surface area contributed by atoms with Crippen LogP contribution in [0.15, 0.2) is 29.2 Å². The highest BCUT2D eigenvalue weighted by atomic mass is 16.5. The third kappa shape index (κ3) is 3.38. The first-order valence-corrected chi connectivity index (χ1v) is 8.53. The summed E-state index contributed by atoms with van der Waals surface area (Å²) in [5, 5.41) is 12.0. The molecule has 0 bridgehead atoms. The van der Waals surface area contributed by atoms with Crippen LogP contribution in [0.4, 0.5) is 5.82 Å².